The lowest BCUT2D eigenvalue weighted by molar-refractivity contribution is 0.0845. The molecule has 1 fully saturated rings. The molecular weight excluding hydrogens is 358 g/mol. The van der Waals surface area contributed by atoms with Gasteiger partial charge in [0, 0.05) is 38.6 Å². The van der Waals surface area contributed by atoms with Crippen LogP contribution in [0.3, 0.4) is 0 Å². The van der Waals surface area contributed by atoms with E-state index in [0.717, 1.165) is 50.0 Å². The number of carbonyl (C=O) groups excluding carboxylic acids is 2. The average Bonchev–Trinajstić information content (AvgIpc) is 3.39. The molecule has 2 aliphatic rings. The maximum Gasteiger partial charge on any atom is 0.287 e. The summed E-state index contributed by atoms with van der Waals surface area (Å²) in [6, 6.07) is 3.71. The molecule has 1 atom stereocenters. The lowest BCUT2D eigenvalue weighted by Gasteiger charge is -2.17. The van der Waals surface area contributed by atoms with E-state index in [-0.39, 0.29) is 17.9 Å². The van der Waals surface area contributed by atoms with Gasteiger partial charge in [-0.2, -0.15) is 0 Å². The lowest BCUT2D eigenvalue weighted by atomic mass is 10.1. The van der Waals surface area contributed by atoms with Crippen molar-refractivity contribution in [2.24, 2.45) is 0 Å². The Balaban J connectivity index is 1.47. The van der Waals surface area contributed by atoms with E-state index in [1.165, 1.54) is 0 Å². The number of amides is 2. The van der Waals surface area contributed by atoms with Gasteiger partial charge in [-0.15, -0.1) is 0 Å². The molecule has 0 aromatic carbocycles. The Hall–Kier alpha value is -2.74. The normalized spacial score (nSPS) is 18.5. The Morgan fingerprint density at radius 2 is 2.00 bits per heavy atom. The number of hydrogen-bond donors (Lipinski definition) is 2. The zero-order valence-corrected chi connectivity index (χ0v) is 15.8. The van der Waals surface area contributed by atoms with Crippen LogP contribution in [-0.2, 0) is 24.2 Å². The minimum atomic E-state index is -0.249. The smallest absolute Gasteiger partial charge is 0.287 e. The van der Waals surface area contributed by atoms with Crippen LogP contribution < -0.4 is 10.6 Å². The molecule has 4 heterocycles. The second kappa shape index (κ2) is 8.52. The Labute approximate surface area is 163 Å². The number of ether oxygens (including phenoxy) is 1. The summed E-state index contributed by atoms with van der Waals surface area (Å²) >= 11 is 0. The topological polar surface area (TPSA) is 98.1 Å². The van der Waals surface area contributed by atoms with E-state index < -0.39 is 0 Å². The summed E-state index contributed by atoms with van der Waals surface area (Å²) in [5, 5.41) is 5.82. The first-order valence-corrected chi connectivity index (χ1v) is 9.88. The van der Waals surface area contributed by atoms with Crippen molar-refractivity contribution in [1.82, 2.24) is 25.2 Å². The fraction of sp³-hybridized carbons (Fsp3) is 0.500. The average molecular weight is 383 g/mol. The van der Waals surface area contributed by atoms with Crippen molar-refractivity contribution in [1.29, 1.82) is 0 Å². The molecule has 2 N–H and O–H groups in total. The first kappa shape index (κ1) is 18.6. The first-order valence-electron chi connectivity index (χ1n) is 9.88. The van der Waals surface area contributed by atoms with Gasteiger partial charge < -0.3 is 19.9 Å². The lowest BCUT2D eigenvalue weighted by Crippen LogP contribution is -2.34. The molecule has 8 heteroatoms. The van der Waals surface area contributed by atoms with Crippen LogP contribution in [0.15, 0.2) is 24.5 Å². The van der Waals surface area contributed by atoms with Gasteiger partial charge in [-0.1, -0.05) is 0 Å². The molecule has 148 valence electrons. The maximum atomic E-state index is 12.7. The van der Waals surface area contributed by atoms with Gasteiger partial charge in [-0.05, 0) is 49.8 Å². The second-order valence-electron chi connectivity index (χ2n) is 7.22. The Morgan fingerprint density at radius 3 is 2.79 bits per heavy atom. The molecule has 2 aliphatic heterocycles. The van der Waals surface area contributed by atoms with Crippen molar-refractivity contribution in [3.63, 3.8) is 0 Å². The summed E-state index contributed by atoms with van der Waals surface area (Å²) in [5.74, 6) is -0.172. The van der Waals surface area contributed by atoms with Crippen LogP contribution in [0, 0.1) is 0 Å². The van der Waals surface area contributed by atoms with E-state index in [1.807, 2.05) is 16.7 Å². The molecule has 1 saturated heterocycles. The second-order valence-corrected chi connectivity index (χ2v) is 7.22. The molecule has 28 heavy (non-hydrogen) atoms. The number of hydrogen-bond acceptors (Lipinski definition) is 5. The van der Waals surface area contributed by atoms with Crippen molar-refractivity contribution in [3.05, 3.63) is 47.3 Å². The molecule has 4 rings (SSSR count). The van der Waals surface area contributed by atoms with Crippen molar-refractivity contribution in [3.8, 4) is 0 Å². The van der Waals surface area contributed by atoms with Gasteiger partial charge in [0.1, 0.15) is 5.69 Å². The summed E-state index contributed by atoms with van der Waals surface area (Å²) < 4.78 is 7.46. The zero-order valence-electron chi connectivity index (χ0n) is 15.8. The van der Waals surface area contributed by atoms with E-state index in [2.05, 4.69) is 20.6 Å². The zero-order chi connectivity index (χ0) is 19.3. The van der Waals surface area contributed by atoms with E-state index in [4.69, 9.17) is 4.74 Å². The summed E-state index contributed by atoms with van der Waals surface area (Å²) in [6.07, 6.45) is 8.17. The third kappa shape index (κ3) is 4.06. The van der Waals surface area contributed by atoms with Crippen LogP contribution >= 0.6 is 0 Å². The highest BCUT2D eigenvalue weighted by molar-refractivity contribution is 5.97. The number of nitrogens with one attached hydrogen (secondary N) is 2. The largest absolute Gasteiger partial charge is 0.376 e. The van der Waals surface area contributed by atoms with E-state index in [0.29, 0.717) is 31.2 Å². The molecule has 2 amide bonds. The molecular formula is C20H25N5O3. The molecule has 2 aromatic rings. The van der Waals surface area contributed by atoms with Gasteiger partial charge in [-0.25, -0.2) is 4.98 Å². The third-order valence-electron chi connectivity index (χ3n) is 5.25. The van der Waals surface area contributed by atoms with Crippen LogP contribution in [0.25, 0.3) is 0 Å². The fourth-order valence-electron chi connectivity index (χ4n) is 3.76. The first-order chi connectivity index (χ1) is 13.7. The van der Waals surface area contributed by atoms with Gasteiger partial charge in [0.15, 0.2) is 5.82 Å². The third-order valence-corrected chi connectivity index (χ3v) is 5.25. The van der Waals surface area contributed by atoms with Gasteiger partial charge in [-0.3, -0.25) is 14.6 Å². The molecule has 0 spiro atoms. The van der Waals surface area contributed by atoms with E-state index in [1.54, 1.807) is 12.4 Å². The van der Waals surface area contributed by atoms with Gasteiger partial charge in [0.2, 0.25) is 0 Å². The van der Waals surface area contributed by atoms with Gasteiger partial charge >= 0.3 is 0 Å². The Bertz CT molecular complexity index is 843. The highest BCUT2D eigenvalue weighted by Gasteiger charge is 2.28. The van der Waals surface area contributed by atoms with Gasteiger partial charge in [0.05, 0.1) is 11.8 Å². The minimum absolute atomic E-state index is 0.0721. The summed E-state index contributed by atoms with van der Waals surface area (Å²) in [7, 11) is 0. The Kier molecular flexibility index (Phi) is 5.66. The highest BCUT2D eigenvalue weighted by atomic mass is 16.5. The molecule has 8 nitrogen and oxygen atoms in total. The number of fused-ring (bicyclic) bond motifs is 1. The summed E-state index contributed by atoms with van der Waals surface area (Å²) in [6.45, 7) is 2.34. The van der Waals surface area contributed by atoms with Gasteiger partial charge in [0.25, 0.3) is 11.8 Å². The van der Waals surface area contributed by atoms with Crippen molar-refractivity contribution in [2.75, 3.05) is 13.2 Å². The number of nitrogens with zero attached hydrogens (tertiary/aromatic N) is 3. The highest BCUT2D eigenvalue weighted by Crippen LogP contribution is 2.21. The monoisotopic (exact) mass is 383 g/mol. The van der Waals surface area contributed by atoms with Crippen LogP contribution in [0.4, 0.5) is 0 Å². The number of pyridine rings is 1. The summed E-state index contributed by atoms with van der Waals surface area (Å²) in [5.41, 5.74) is 2.17. The predicted molar refractivity (Wildman–Crippen MR) is 102 cm³/mol. The molecule has 0 saturated carbocycles. The van der Waals surface area contributed by atoms with Crippen molar-refractivity contribution in [2.45, 2.75) is 51.3 Å². The van der Waals surface area contributed by atoms with Crippen molar-refractivity contribution >= 4 is 11.8 Å². The number of aromatic nitrogens is 3. The quantitative estimate of drug-likeness (QED) is 0.787. The van der Waals surface area contributed by atoms with Crippen LogP contribution in [0.5, 0.6) is 0 Å². The standard InChI is InChI=1S/C20H25N5O3/c26-19(22-12-14-6-8-21-9-7-14)17-16-5-1-2-10-25(16)18(24-17)20(27)23-13-15-4-3-11-28-15/h6-9,15H,1-5,10-13H2,(H,22,26)(H,23,27). The van der Waals surface area contributed by atoms with Crippen LogP contribution in [0.2, 0.25) is 0 Å². The summed E-state index contributed by atoms with van der Waals surface area (Å²) in [4.78, 5) is 33.8. The van der Waals surface area contributed by atoms with Crippen LogP contribution in [-0.4, -0.2) is 45.6 Å². The molecule has 2 aromatic heterocycles. The molecule has 1 unspecified atom stereocenters. The molecule has 0 radical (unpaired) electrons. The van der Waals surface area contributed by atoms with Crippen LogP contribution in [0.1, 0.15) is 58.0 Å². The number of imidazole rings is 1. The minimum Gasteiger partial charge on any atom is -0.376 e. The predicted octanol–water partition coefficient (Wildman–Crippen LogP) is 1.45. The van der Waals surface area contributed by atoms with E-state index >= 15 is 0 Å². The maximum absolute atomic E-state index is 12.7. The SMILES string of the molecule is O=C(NCc1ccncc1)c1nc(C(=O)NCC2CCCO2)n2c1CCCC2. The van der Waals surface area contributed by atoms with Crippen molar-refractivity contribution < 1.29 is 14.3 Å². The van der Waals surface area contributed by atoms with E-state index in [9.17, 15) is 9.59 Å². The number of carbonyl (C=O) groups is 2. The molecule has 0 aliphatic carbocycles. The molecule has 0 bridgehead atoms. The number of rotatable bonds is 6. The Morgan fingerprint density at radius 1 is 1.14 bits per heavy atom. The fourth-order valence-corrected chi connectivity index (χ4v) is 3.76.